The molecule has 0 aliphatic heterocycles. The molecule has 162 valence electrons. The summed E-state index contributed by atoms with van der Waals surface area (Å²) < 4.78 is 0. The first-order valence-electron chi connectivity index (χ1n) is 11.2. The van der Waals surface area contributed by atoms with Crippen LogP contribution in [0.2, 0.25) is 0 Å². The predicted octanol–water partition coefficient (Wildman–Crippen LogP) is 5.46. The summed E-state index contributed by atoms with van der Waals surface area (Å²) in [5.41, 5.74) is 0. The lowest BCUT2D eigenvalue weighted by Gasteiger charge is -2.11. The molecule has 4 heteroatoms. The lowest BCUT2D eigenvalue weighted by atomic mass is 10.0. The van der Waals surface area contributed by atoms with E-state index in [4.69, 9.17) is 0 Å². The van der Waals surface area contributed by atoms with E-state index in [1.54, 1.807) is 0 Å². The van der Waals surface area contributed by atoms with E-state index in [0.29, 0.717) is 6.42 Å². The van der Waals surface area contributed by atoms with Crippen LogP contribution >= 0.6 is 0 Å². The molecule has 28 heavy (non-hydrogen) atoms. The second kappa shape index (κ2) is 19.1. The van der Waals surface area contributed by atoms with Crippen LogP contribution in [0.3, 0.4) is 0 Å². The van der Waals surface area contributed by atoms with Gasteiger partial charge in [-0.2, -0.15) is 0 Å². The fourth-order valence-corrected chi connectivity index (χ4v) is 3.12. The van der Waals surface area contributed by atoms with Crippen LogP contribution in [0, 0.1) is 0 Å². The zero-order valence-electron chi connectivity index (χ0n) is 17.9. The van der Waals surface area contributed by atoms with E-state index in [1.165, 1.54) is 57.8 Å². The number of hydrogen-bond acceptors (Lipinski definition) is 4. The van der Waals surface area contributed by atoms with E-state index in [0.717, 1.165) is 31.8 Å². The van der Waals surface area contributed by atoms with Crippen molar-refractivity contribution in [3.8, 4) is 0 Å². The lowest BCUT2D eigenvalue weighted by Crippen LogP contribution is -2.32. The van der Waals surface area contributed by atoms with E-state index in [2.05, 4.69) is 25.7 Å². The first-order valence-corrected chi connectivity index (χ1v) is 11.2. The van der Waals surface area contributed by atoms with Gasteiger partial charge in [0.1, 0.15) is 18.0 Å². The molecular formula is C24H42O4. The van der Waals surface area contributed by atoms with Gasteiger partial charge < -0.3 is 10.2 Å². The van der Waals surface area contributed by atoms with Gasteiger partial charge in [0.25, 0.3) is 0 Å². The van der Waals surface area contributed by atoms with Gasteiger partial charge >= 0.3 is 0 Å². The second-order valence-corrected chi connectivity index (χ2v) is 7.68. The first-order chi connectivity index (χ1) is 13.5. The van der Waals surface area contributed by atoms with Crippen LogP contribution in [0.4, 0.5) is 0 Å². The maximum Gasteiger partial charge on any atom is 0.193 e. The molecule has 0 aliphatic carbocycles. The predicted molar refractivity (Wildman–Crippen MR) is 116 cm³/mol. The fourth-order valence-electron chi connectivity index (χ4n) is 3.12. The molecule has 2 unspecified atom stereocenters. The second-order valence-electron chi connectivity index (χ2n) is 7.68. The van der Waals surface area contributed by atoms with Crippen molar-refractivity contribution in [2.24, 2.45) is 0 Å². The summed E-state index contributed by atoms with van der Waals surface area (Å²) in [6.45, 7) is 5.54. The molecule has 2 atom stereocenters. The van der Waals surface area contributed by atoms with Crippen molar-refractivity contribution in [3.63, 3.8) is 0 Å². The Morgan fingerprint density at radius 1 is 0.821 bits per heavy atom. The molecule has 0 heterocycles. The average Bonchev–Trinajstić information content (AvgIpc) is 2.69. The summed E-state index contributed by atoms with van der Waals surface area (Å²) >= 11 is 0. The van der Waals surface area contributed by atoms with Gasteiger partial charge in [0.2, 0.25) is 0 Å². The van der Waals surface area contributed by atoms with Gasteiger partial charge in [-0.05, 0) is 32.1 Å². The van der Waals surface area contributed by atoms with Crippen molar-refractivity contribution in [1.82, 2.24) is 0 Å². The van der Waals surface area contributed by atoms with Crippen LogP contribution in [0.15, 0.2) is 24.8 Å². The largest absolute Gasteiger partial charge is 0.385 e. The van der Waals surface area contributed by atoms with Crippen molar-refractivity contribution in [2.45, 2.75) is 115 Å². The third-order valence-corrected chi connectivity index (χ3v) is 4.98. The van der Waals surface area contributed by atoms with Crippen LogP contribution in [0.5, 0.6) is 0 Å². The normalized spacial score (nSPS) is 13.5. The maximum atomic E-state index is 11.8. The molecule has 0 rings (SSSR count). The number of carbonyl (C=O) groups is 2. The summed E-state index contributed by atoms with van der Waals surface area (Å²) in [4.78, 5) is 23.3. The van der Waals surface area contributed by atoms with Gasteiger partial charge in [0.05, 0.1) is 0 Å². The third-order valence-electron chi connectivity index (χ3n) is 4.98. The summed E-state index contributed by atoms with van der Waals surface area (Å²) in [6, 6.07) is 0. The Morgan fingerprint density at radius 2 is 1.32 bits per heavy atom. The van der Waals surface area contributed by atoms with Crippen LogP contribution in [-0.4, -0.2) is 34.0 Å². The number of unbranched alkanes of at least 4 members (excludes halogenated alkanes) is 11. The standard InChI is InChI=1S/C24H42O4/c1-3-5-6-7-8-9-10-11-12-13-14-15-16-17-18-19-21(25)20-23(27)24(28)22(26)4-2/h4,11-12,22-23,26-27H,2-3,5-10,13-20H2,1H3. The Bertz CT molecular complexity index is 442. The van der Waals surface area contributed by atoms with Gasteiger partial charge in [-0.15, -0.1) is 6.58 Å². The lowest BCUT2D eigenvalue weighted by molar-refractivity contribution is -0.137. The van der Waals surface area contributed by atoms with Crippen molar-refractivity contribution in [1.29, 1.82) is 0 Å². The monoisotopic (exact) mass is 394 g/mol. The number of allylic oxidation sites excluding steroid dienone is 2. The highest BCUT2D eigenvalue weighted by Crippen LogP contribution is 2.11. The molecular weight excluding hydrogens is 352 g/mol. The van der Waals surface area contributed by atoms with Crippen LogP contribution < -0.4 is 0 Å². The topological polar surface area (TPSA) is 74.6 Å². The minimum atomic E-state index is -1.43. The van der Waals surface area contributed by atoms with Crippen molar-refractivity contribution >= 4 is 11.6 Å². The number of ketones is 2. The summed E-state index contributed by atoms with van der Waals surface area (Å²) in [7, 11) is 0. The molecule has 2 N–H and O–H groups in total. The number of carbonyl (C=O) groups excluding carboxylic acids is 2. The highest BCUT2D eigenvalue weighted by molar-refractivity contribution is 5.92. The van der Waals surface area contributed by atoms with Crippen molar-refractivity contribution in [2.75, 3.05) is 0 Å². The van der Waals surface area contributed by atoms with E-state index >= 15 is 0 Å². The Labute approximate surface area is 172 Å². The Morgan fingerprint density at radius 3 is 1.86 bits per heavy atom. The SMILES string of the molecule is C=CC(O)C(=O)C(O)CC(=O)CCCCCCCC=CCCCCCCCC. The van der Waals surface area contributed by atoms with E-state index in [9.17, 15) is 19.8 Å². The molecule has 0 saturated heterocycles. The molecule has 0 radical (unpaired) electrons. The minimum Gasteiger partial charge on any atom is -0.385 e. The zero-order chi connectivity index (χ0) is 21.0. The number of hydrogen-bond donors (Lipinski definition) is 2. The average molecular weight is 395 g/mol. The first kappa shape index (κ1) is 26.7. The highest BCUT2D eigenvalue weighted by atomic mass is 16.3. The number of Topliss-reactive ketones (excluding diaryl/α,β-unsaturated/α-hetero) is 2. The van der Waals surface area contributed by atoms with Crippen LogP contribution in [0.1, 0.15) is 103 Å². The number of aliphatic hydroxyl groups is 2. The molecule has 0 spiro atoms. The summed E-state index contributed by atoms with van der Waals surface area (Å²) in [5, 5.41) is 18.9. The van der Waals surface area contributed by atoms with E-state index in [-0.39, 0.29) is 12.2 Å². The molecule has 0 bridgehead atoms. The molecule has 0 aliphatic rings. The Hall–Kier alpha value is -1.26. The number of aliphatic hydroxyl groups excluding tert-OH is 2. The Kier molecular flexibility index (Phi) is 18.2. The third kappa shape index (κ3) is 15.8. The number of rotatable bonds is 20. The van der Waals surface area contributed by atoms with Crippen LogP contribution in [-0.2, 0) is 9.59 Å². The van der Waals surface area contributed by atoms with E-state index in [1.807, 2.05) is 0 Å². The molecule has 0 aromatic carbocycles. The highest BCUT2D eigenvalue weighted by Gasteiger charge is 2.23. The van der Waals surface area contributed by atoms with Crippen LogP contribution in [0.25, 0.3) is 0 Å². The smallest absolute Gasteiger partial charge is 0.193 e. The zero-order valence-corrected chi connectivity index (χ0v) is 17.9. The van der Waals surface area contributed by atoms with E-state index < -0.39 is 18.0 Å². The molecule has 4 nitrogen and oxygen atoms in total. The molecule has 0 amide bonds. The van der Waals surface area contributed by atoms with Crippen molar-refractivity contribution in [3.05, 3.63) is 24.8 Å². The summed E-state index contributed by atoms with van der Waals surface area (Å²) in [6.07, 6.45) is 18.7. The van der Waals surface area contributed by atoms with Crippen molar-refractivity contribution < 1.29 is 19.8 Å². The Balaban J connectivity index is 3.47. The van der Waals surface area contributed by atoms with Gasteiger partial charge in [-0.3, -0.25) is 9.59 Å². The minimum absolute atomic E-state index is 0.130. The van der Waals surface area contributed by atoms with Gasteiger partial charge in [0, 0.05) is 12.8 Å². The van der Waals surface area contributed by atoms with Gasteiger partial charge in [-0.1, -0.05) is 76.5 Å². The molecule has 0 saturated carbocycles. The molecule has 0 fully saturated rings. The van der Waals surface area contributed by atoms with Gasteiger partial charge in [0.15, 0.2) is 5.78 Å². The summed E-state index contributed by atoms with van der Waals surface area (Å²) in [5.74, 6) is -0.886. The maximum absolute atomic E-state index is 11.8. The fraction of sp³-hybridized carbons (Fsp3) is 0.750. The quantitative estimate of drug-likeness (QED) is 0.212. The molecule has 0 aromatic rings. The molecule has 0 aromatic heterocycles. The van der Waals surface area contributed by atoms with Gasteiger partial charge in [-0.25, -0.2) is 0 Å².